The first kappa shape index (κ1) is 18.7. The van der Waals surface area contributed by atoms with E-state index in [1.165, 1.54) is 17.1 Å². The van der Waals surface area contributed by atoms with Crippen molar-refractivity contribution in [3.63, 3.8) is 0 Å². The molecule has 0 unspecified atom stereocenters. The molecule has 2 aliphatic rings. The van der Waals surface area contributed by atoms with Crippen LogP contribution < -0.4 is 9.91 Å². The van der Waals surface area contributed by atoms with E-state index >= 15 is 0 Å². The van der Waals surface area contributed by atoms with Gasteiger partial charge in [0.15, 0.2) is 0 Å². The average molecular weight is 361 g/mol. The summed E-state index contributed by atoms with van der Waals surface area (Å²) in [6.07, 6.45) is 0.992. The number of hydrazone groups is 1. The van der Waals surface area contributed by atoms with E-state index in [0.717, 1.165) is 50.7 Å². The van der Waals surface area contributed by atoms with E-state index in [1.54, 1.807) is 17.0 Å². The summed E-state index contributed by atoms with van der Waals surface area (Å²) in [7, 11) is 0. The molecule has 1 amide bonds. The number of rotatable bonds is 6. The van der Waals surface area contributed by atoms with Crippen LogP contribution in [0.5, 0.6) is 0 Å². The fraction of sp³-hybridized carbons (Fsp3) is 0.526. The number of benzene rings is 1. The molecule has 140 valence electrons. The van der Waals surface area contributed by atoms with Gasteiger partial charge in [-0.05, 0) is 38.1 Å². The van der Waals surface area contributed by atoms with E-state index < -0.39 is 5.92 Å². The second kappa shape index (κ2) is 8.51. The summed E-state index contributed by atoms with van der Waals surface area (Å²) in [5.74, 6) is -0.886. The molecule has 0 bridgehead atoms. The number of nitrogens with zero attached hydrogens (tertiary/aromatic N) is 3. The number of hydrogen-bond donors (Lipinski definition) is 1. The minimum absolute atomic E-state index is 0.130. The summed E-state index contributed by atoms with van der Waals surface area (Å²) in [5, 5.41) is 5.70. The molecule has 1 saturated heterocycles. The summed E-state index contributed by atoms with van der Waals surface area (Å²) in [4.78, 5) is 18.9. The Morgan fingerprint density at radius 1 is 1.35 bits per heavy atom. The zero-order valence-electron chi connectivity index (χ0n) is 15.4. The smallest absolute Gasteiger partial charge is 0.261 e. The van der Waals surface area contributed by atoms with E-state index in [1.807, 2.05) is 13.8 Å². The van der Waals surface area contributed by atoms with Crippen LogP contribution in [0.15, 0.2) is 34.4 Å². The van der Waals surface area contributed by atoms with Gasteiger partial charge in [0.1, 0.15) is 24.8 Å². The van der Waals surface area contributed by atoms with Gasteiger partial charge in [0.2, 0.25) is 0 Å². The van der Waals surface area contributed by atoms with Gasteiger partial charge in [-0.1, -0.05) is 0 Å². The lowest BCUT2D eigenvalue weighted by Crippen LogP contribution is -3.14. The third-order valence-corrected chi connectivity index (χ3v) is 4.87. The highest BCUT2D eigenvalue weighted by Crippen LogP contribution is 2.25. The van der Waals surface area contributed by atoms with Gasteiger partial charge >= 0.3 is 0 Å². The molecule has 26 heavy (non-hydrogen) atoms. The number of quaternary nitrogens is 1. The van der Waals surface area contributed by atoms with Gasteiger partial charge in [-0.2, -0.15) is 10.1 Å². The van der Waals surface area contributed by atoms with Crippen molar-refractivity contribution in [2.45, 2.75) is 20.3 Å². The number of aliphatic imine (C=N–C) groups is 1. The zero-order valence-corrected chi connectivity index (χ0v) is 15.4. The van der Waals surface area contributed by atoms with Crippen LogP contribution in [0.1, 0.15) is 20.3 Å². The Morgan fingerprint density at radius 2 is 2.04 bits per heavy atom. The Bertz CT molecular complexity index is 696. The van der Waals surface area contributed by atoms with Crippen LogP contribution in [0, 0.1) is 11.7 Å². The van der Waals surface area contributed by atoms with E-state index in [-0.39, 0.29) is 11.7 Å². The van der Waals surface area contributed by atoms with Crippen LogP contribution in [-0.2, 0) is 9.53 Å². The molecule has 0 saturated carbocycles. The molecule has 6 nitrogen and oxygen atoms in total. The molecule has 3 rings (SSSR count). The molecule has 0 spiro atoms. The Balaban J connectivity index is 1.56. The van der Waals surface area contributed by atoms with Crippen molar-refractivity contribution < 1.29 is 18.8 Å². The van der Waals surface area contributed by atoms with Crippen molar-refractivity contribution in [3.8, 4) is 0 Å². The normalized spacial score (nSPS) is 22.0. The van der Waals surface area contributed by atoms with Gasteiger partial charge in [-0.25, -0.2) is 4.39 Å². The average Bonchev–Trinajstić information content (AvgIpc) is 2.94. The van der Waals surface area contributed by atoms with Crippen LogP contribution in [-0.4, -0.2) is 56.7 Å². The molecular formula is C19H26FN4O2+. The third kappa shape index (κ3) is 4.34. The first-order valence-corrected chi connectivity index (χ1v) is 9.13. The molecule has 0 radical (unpaired) electrons. The van der Waals surface area contributed by atoms with Crippen molar-refractivity contribution in [2.75, 3.05) is 44.4 Å². The lowest BCUT2D eigenvalue weighted by molar-refractivity contribution is -0.908. The van der Waals surface area contributed by atoms with Gasteiger partial charge in [0, 0.05) is 18.7 Å². The van der Waals surface area contributed by atoms with Crippen LogP contribution >= 0.6 is 0 Å². The number of nitrogens with one attached hydrogen (secondary N) is 1. The molecular weight excluding hydrogens is 335 g/mol. The SMILES string of the molecule is CC(=NCCC[NH+]1CCOCC1)[C@H]1C(=O)N(c2ccc(F)cc2)N=C1C. The van der Waals surface area contributed by atoms with Crippen molar-refractivity contribution >= 4 is 23.0 Å². The second-order valence-corrected chi connectivity index (χ2v) is 6.79. The monoisotopic (exact) mass is 361 g/mol. The van der Waals surface area contributed by atoms with Crippen molar-refractivity contribution in [3.05, 3.63) is 30.1 Å². The predicted octanol–water partition coefficient (Wildman–Crippen LogP) is 0.931. The van der Waals surface area contributed by atoms with Crippen molar-refractivity contribution in [2.24, 2.45) is 16.0 Å². The first-order chi connectivity index (χ1) is 12.6. The fourth-order valence-corrected chi connectivity index (χ4v) is 3.40. The van der Waals surface area contributed by atoms with Crippen LogP contribution in [0.2, 0.25) is 0 Å². The number of carbonyl (C=O) groups excluding carboxylic acids is 1. The Hall–Kier alpha value is -2.12. The quantitative estimate of drug-likeness (QED) is 0.605. The van der Waals surface area contributed by atoms with Gasteiger partial charge in [-0.15, -0.1) is 0 Å². The minimum Gasteiger partial charge on any atom is -0.370 e. The van der Waals surface area contributed by atoms with Crippen LogP contribution in [0.3, 0.4) is 0 Å². The molecule has 0 aliphatic carbocycles. The summed E-state index contributed by atoms with van der Waals surface area (Å²) in [6.45, 7) is 9.30. The van der Waals surface area contributed by atoms with Gasteiger partial charge < -0.3 is 9.64 Å². The maximum Gasteiger partial charge on any atom is 0.261 e. The van der Waals surface area contributed by atoms with E-state index in [4.69, 9.17) is 4.74 Å². The zero-order chi connectivity index (χ0) is 18.5. The highest BCUT2D eigenvalue weighted by atomic mass is 19.1. The van der Waals surface area contributed by atoms with E-state index in [2.05, 4.69) is 10.1 Å². The molecule has 1 N–H and O–H groups in total. The predicted molar refractivity (Wildman–Crippen MR) is 99.5 cm³/mol. The highest BCUT2D eigenvalue weighted by molar-refractivity contribution is 6.27. The van der Waals surface area contributed by atoms with E-state index in [0.29, 0.717) is 12.2 Å². The summed E-state index contributed by atoms with van der Waals surface area (Å²) in [5.41, 5.74) is 2.08. The highest BCUT2D eigenvalue weighted by Gasteiger charge is 2.36. The molecule has 7 heteroatoms. The topological polar surface area (TPSA) is 58.7 Å². The lowest BCUT2D eigenvalue weighted by atomic mass is 9.99. The molecule has 1 fully saturated rings. The first-order valence-electron chi connectivity index (χ1n) is 9.13. The Morgan fingerprint density at radius 3 is 2.73 bits per heavy atom. The van der Waals surface area contributed by atoms with Crippen LogP contribution in [0.4, 0.5) is 10.1 Å². The molecule has 1 atom stereocenters. The number of ether oxygens (including phenoxy) is 1. The van der Waals surface area contributed by atoms with Gasteiger partial charge in [0.25, 0.3) is 5.91 Å². The van der Waals surface area contributed by atoms with Crippen LogP contribution in [0.25, 0.3) is 0 Å². The number of hydrogen-bond acceptors (Lipinski definition) is 4. The molecule has 1 aromatic rings. The second-order valence-electron chi connectivity index (χ2n) is 6.79. The largest absolute Gasteiger partial charge is 0.370 e. The number of anilines is 1. The number of morpholine rings is 1. The number of halogens is 1. The Labute approximate surface area is 153 Å². The third-order valence-electron chi connectivity index (χ3n) is 4.87. The lowest BCUT2D eigenvalue weighted by Gasteiger charge is -2.23. The fourth-order valence-electron chi connectivity index (χ4n) is 3.40. The number of amides is 1. The molecule has 0 aromatic heterocycles. The van der Waals surface area contributed by atoms with Gasteiger partial charge in [-0.3, -0.25) is 9.79 Å². The maximum atomic E-state index is 13.1. The molecule has 2 aliphatic heterocycles. The summed E-state index contributed by atoms with van der Waals surface area (Å²) < 4.78 is 18.5. The standard InChI is InChI=1S/C19H25FN4O2/c1-14(21-8-3-9-23-10-12-26-13-11-23)18-15(2)22-24(19(18)25)17-6-4-16(20)5-7-17/h4-7,18H,3,8-13H2,1-2H3/p+1/t18-/m1/s1. The molecule has 2 heterocycles. The molecule has 1 aromatic carbocycles. The summed E-state index contributed by atoms with van der Waals surface area (Å²) >= 11 is 0. The van der Waals surface area contributed by atoms with Crippen molar-refractivity contribution in [1.82, 2.24) is 0 Å². The van der Waals surface area contributed by atoms with E-state index in [9.17, 15) is 9.18 Å². The minimum atomic E-state index is -0.421. The Kier molecular flexibility index (Phi) is 6.11. The maximum absolute atomic E-state index is 13.1. The van der Waals surface area contributed by atoms with Gasteiger partial charge in [0.05, 0.1) is 31.2 Å². The number of carbonyl (C=O) groups is 1. The summed E-state index contributed by atoms with van der Waals surface area (Å²) in [6, 6.07) is 5.78. The van der Waals surface area contributed by atoms with Crippen molar-refractivity contribution in [1.29, 1.82) is 0 Å².